The molecule has 0 aromatic heterocycles. The third-order valence-corrected chi connectivity index (χ3v) is 3.85. The second-order valence-corrected chi connectivity index (χ2v) is 5.82. The van der Waals surface area contributed by atoms with Gasteiger partial charge in [0.2, 0.25) is 0 Å². The number of benzene rings is 3. The Labute approximate surface area is 161 Å². The Kier molecular flexibility index (Phi) is 5.17. The smallest absolute Gasteiger partial charge is 0.277 e. The summed E-state index contributed by atoms with van der Waals surface area (Å²) in [6, 6.07) is 11.3. The molecule has 0 aliphatic rings. The summed E-state index contributed by atoms with van der Waals surface area (Å²) in [6.07, 6.45) is 0. The number of hydrogen-bond donors (Lipinski definition) is 1. The molecule has 3 aromatic carbocycles. The number of nitro groups is 2. The number of halogens is 1. The number of aromatic hydroxyl groups is 1. The number of hydrogen-bond acceptors (Lipinski definition) is 7. The standard InChI is InChI=1S/C19H11FN2O7/c20-12-1-3-15(4-2-12)29-16-5-6-17(18(23)10-16)19(24)11-7-13(21(25)26)9-14(8-11)22(27)28/h1-10,23H. The first-order valence-electron chi connectivity index (χ1n) is 7.99. The molecule has 0 aliphatic carbocycles. The predicted octanol–water partition coefficient (Wildman–Crippen LogP) is 4.37. The lowest BCUT2D eigenvalue weighted by Gasteiger charge is -2.09. The molecule has 0 amide bonds. The topological polar surface area (TPSA) is 133 Å². The Bertz CT molecular complexity index is 1100. The number of carbonyl (C=O) groups excluding carboxylic acids is 1. The number of nitrogens with zero attached hydrogens (tertiary/aromatic N) is 2. The van der Waals surface area contributed by atoms with E-state index in [2.05, 4.69) is 0 Å². The first-order valence-corrected chi connectivity index (χ1v) is 7.99. The van der Waals surface area contributed by atoms with Gasteiger partial charge in [0, 0.05) is 23.8 Å². The highest BCUT2D eigenvalue weighted by molar-refractivity contribution is 6.11. The number of non-ortho nitro benzene ring substituents is 2. The highest BCUT2D eigenvalue weighted by Gasteiger charge is 2.22. The summed E-state index contributed by atoms with van der Waals surface area (Å²) in [5.74, 6) is -1.35. The Morgan fingerprint density at radius 2 is 1.41 bits per heavy atom. The molecule has 0 unspecified atom stereocenters. The Balaban J connectivity index is 1.92. The van der Waals surface area contributed by atoms with Gasteiger partial charge >= 0.3 is 0 Å². The summed E-state index contributed by atoms with van der Waals surface area (Å²) >= 11 is 0. The zero-order valence-corrected chi connectivity index (χ0v) is 14.4. The van der Waals surface area contributed by atoms with Gasteiger partial charge in [0.05, 0.1) is 21.5 Å². The third-order valence-electron chi connectivity index (χ3n) is 3.85. The molecule has 10 heteroatoms. The third kappa shape index (κ3) is 4.33. The van der Waals surface area contributed by atoms with Crippen LogP contribution in [0.2, 0.25) is 0 Å². The molecule has 29 heavy (non-hydrogen) atoms. The average Bonchev–Trinajstić information content (AvgIpc) is 2.69. The van der Waals surface area contributed by atoms with Crippen molar-refractivity contribution in [3.8, 4) is 17.2 Å². The molecule has 0 saturated carbocycles. The van der Waals surface area contributed by atoms with Crippen molar-refractivity contribution in [1.29, 1.82) is 0 Å². The van der Waals surface area contributed by atoms with Gasteiger partial charge in [-0.15, -0.1) is 0 Å². The fourth-order valence-corrected chi connectivity index (χ4v) is 2.50. The number of phenolic OH excluding ortho intramolecular Hbond substituents is 1. The fraction of sp³-hybridized carbons (Fsp3) is 0. The van der Waals surface area contributed by atoms with Crippen molar-refractivity contribution >= 4 is 17.2 Å². The molecule has 1 N–H and O–H groups in total. The van der Waals surface area contributed by atoms with E-state index in [0.29, 0.717) is 5.75 Å². The summed E-state index contributed by atoms with van der Waals surface area (Å²) in [7, 11) is 0. The molecular formula is C19H11FN2O7. The minimum absolute atomic E-state index is 0.149. The van der Waals surface area contributed by atoms with Gasteiger partial charge in [0.1, 0.15) is 23.1 Å². The first kappa shape index (κ1) is 19.4. The molecule has 0 radical (unpaired) electrons. The highest BCUT2D eigenvalue weighted by Crippen LogP contribution is 2.31. The molecule has 0 heterocycles. The lowest BCUT2D eigenvalue weighted by atomic mass is 10.0. The molecule has 0 bridgehead atoms. The molecule has 0 fully saturated rings. The van der Waals surface area contributed by atoms with Gasteiger partial charge in [-0.1, -0.05) is 0 Å². The summed E-state index contributed by atoms with van der Waals surface area (Å²) in [5, 5.41) is 32.1. The SMILES string of the molecule is O=C(c1cc([N+](=O)[O-])cc([N+](=O)[O-])c1)c1ccc(Oc2ccc(F)cc2)cc1O. The number of ketones is 1. The fourth-order valence-electron chi connectivity index (χ4n) is 2.50. The van der Waals surface area contributed by atoms with Gasteiger partial charge in [-0.3, -0.25) is 25.0 Å². The van der Waals surface area contributed by atoms with Crippen LogP contribution in [0.25, 0.3) is 0 Å². The van der Waals surface area contributed by atoms with Crippen molar-refractivity contribution in [2.75, 3.05) is 0 Å². The van der Waals surface area contributed by atoms with E-state index in [4.69, 9.17) is 4.74 Å². The number of phenols is 1. The van der Waals surface area contributed by atoms with Crippen LogP contribution < -0.4 is 4.74 Å². The van der Waals surface area contributed by atoms with Crippen LogP contribution in [0.15, 0.2) is 60.7 Å². The summed E-state index contributed by atoms with van der Waals surface area (Å²) in [6.45, 7) is 0. The number of nitro benzene ring substituents is 2. The van der Waals surface area contributed by atoms with Gasteiger partial charge in [-0.25, -0.2) is 4.39 Å². The van der Waals surface area contributed by atoms with Crippen LogP contribution in [-0.4, -0.2) is 20.7 Å². The van der Waals surface area contributed by atoms with E-state index in [0.717, 1.165) is 24.3 Å². The molecule has 0 spiro atoms. The van der Waals surface area contributed by atoms with Gasteiger partial charge in [0.15, 0.2) is 5.78 Å². The minimum Gasteiger partial charge on any atom is -0.507 e. The first-order chi connectivity index (χ1) is 13.7. The number of carbonyl (C=O) groups is 1. The minimum atomic E-state index is -0.858. The van der Waals surface area contributed by atoms with E-state index in [9.17, 15) is 34.5 Å². The maximum Gasteiger partial charge on any atom is 0.277 e. The second kappa shape index (κ2) is 7.72. The Morgan fingerprint density at radius 3 is 1.93 bits per heavy atom. The van der Waals surface area contributed by atoms with Crippen LogP contribution >= 0.6 is 0 Å². The van der Waals surface area contributed by atoms with Crippen molar-refractivity contribution in [2.24, 2.45) is 0 Å². The average molecular weight is 398 g/mol. The van der Waals surface area contributed by atoms with Gasteiger partial charge in [-0.2, -0.15) is 0 Å². The second-order valence-electron chi connectivity index (χ2n) is 5.82. The highest BCUT2D eigenvalue weighted by atomic mass is 19.1. The van der Waals surface area contributed by atoms with Crippen molar-refractivity contribution in [1.82, 2.24) is 0 Å². The van der Waals surface area contributed by atoms with Crippen molar-refractivity contribution in [2.45, 2.75) is 0 Å². The maximum absolute atomic E-state index is 12.9. The van der Waals surface area contributed by atoms with Crippen molar-refractivity contribution in [3.63, 3.8) is 0 Å². The van der Waals surface area contributed by atoms with Gasteiger partial charge < -0.3 is 9.84 Å². The van der Waals surface area contributed by atoms with Crippen molar-refractivity contribution in [3.05, 3.63) is 97.8 Å². The van der Waals surface area contributed by atoms with E-state index >= 15 is 0 Å². The molecule has 3 aromatic rings. The summed E-state index contributed by atoms with van der Waals surface area (Å²) in [5.41, 5.74) is -1.81. The Hall–Kier alpha value is -4.34. The van der Waals surface area contributed by atoms with Gasteiger partial charge in [-0.05, 0) is 36.4 Å². The quantitative estimate of drug-likeness (QED) is 0.370. The number of rotatable bonds is 6. The van der Waals surface area contributed by atoms with E-state index in [1.54, 1.807) is 0 Å². The molecule has 0 atom stereocenters. The van der Waals surface area contributed by atoms with Gasteiger partial charge in [0.25, 0.3) is 11.4 Å². The lowest BCUT2D eigenvalue weighted by molar-refractivity contribution is -0.394. The van der Waals surface area contributed by atoms with E-state index < -0.39 is 38.6 Å². The van der Waals surface area contributed by atoms with Crippen LogP contribution in [0.1, 0.15) is 15.9 Å². The monoisotopic (exact) mass is 398 g/mol. The Morgan fingerprint density at radius 1 is 0.862 bits per heavy atom. The van der Waals surface area contributed by atoms with Crippen molar-refractivity contribution < 1.29 is 28.9 Å². The normalized spacial score (nSPS) is 10.4. The van der Waals surface area contributed by atoms with Crippen LogP contribution in [0.3, 0.4) is 0 Å². The summed E-state index contributed by atoms with van der Waals surface area (Å²) in [4.78, 5) is 32.9. The van der Waals surface area contributed by atoms with Crippen LogP contribution in [0.4, 0.5) is 15.8 Å². The molecule has 0 saturated heterocycles. The van der Waals surface area contributed by atoms with Crippen LogP contribution in [0.5, 0.6) is 17.2 Å². The molecule has 0 aliphatic heterocycles. The maximum atomic E-state index is 12.9. The largest absolute Gasteiger partial charge is 0.507 e. The number of ether oxygens (including phenoxy) is 1. The molecule has 3 rings (SSSR count). The molecule has 9 nitrogen and oxygen atoms in total. The van der Waals surface area contributed by atoms with E-state index in [1.807, 2.05) is 0 Å². The van der Waals surface area contributed by atoms with Crippen LogP contribution in [-0.2, 0) is 0 Å². The predicted molar refractivity (Wildman–Crippen MR) is 97.8 cm³/mol. The van der Waals surface area contributed by atoms with E-state index in [-0.39, 0.29) is 16.9 Å². The molecular weight excluding hydrogens is 387 g/mol. The zero-order valence-electron chi connectivity index (χ0n) is 14.4. The van der Waals surface area contributed by atoms with Crippen LogP contribution in [0, 0.1) is 26.0 Å². The summed E-state index contributed by atoms with van der Waals surface area (Å²) < 4.78 is 18.4. The zero-order chi connectivity index (χ0) is 21.1. The lowest BCUT2D eigenvalue weighted by Crippen LogP contribution is -2.04. The molecule has 146 valence electrons. The van der Waals surface area contributed by atoms with E-state index in [1.165, 1.54) is 36.4 Å².